The van der Waals surface area contributed by atoms with Gasteiger partial charge in [-0.1, -0.05) is 32.1 Å². The van der Waals surface area contributed by atoms with Crippen molar-refractivity contribution in [1.29, 1.82) is 0 Å². The van der Waals surface area contributed by atoms with E-state index in [1.54, 1.807) is 4.31 Å². The van der Waals surface area contributed by atoms with Crippen molar-refractivity contribution in [1.82, 2.24) is 4.31 Å². The normalized spacial score (nSPS) is 28.8. The summed E-state index contributed by atoms with van der Waals surface area (Å²) >= 11 is 0. The molecule has 0 aromatic carbocycles. The summed E-state index contributed by atoms with van der Waals surface area (Å²) in [5.74, 6) is 1.10. The molecule has 2 aliphatic rings. The van der Waals surface area contributed by atoms with E-state index in [4.69, 9.17) is 5.73 Å². The highest BCUT2D eigenvalue weighted by Crippen LogP contribution is 2.29. The maximum atomic E-state index is 11.7. The lowest BCUT2D eigenvalue weighted by Gasteiger charge is -2.34. The van der Waals surface area contributed by atoms with Crippen molar-refractivity contribution in [2.45, 2.75) is 70.3 Å². The van der Waals surface area contributed by atoms with E-state index in [0.717, 1.165) is 19.3 Å². The summed E-state index contributed by atoms with van der Waals surface area (Å²) in [6.07, 6.45) is 13.7. The first kappa shape index (κ1) is 17.2. The Hall–Kier alpha value is -0.130. The third-order valence-electron chi connectivity index (χ3n) is 5.31. The van der Waals surface area contributed by atoms with Crippen molar-refractivity contribution in [3.8, 4) is 0 Å². The van der Waals surface area contributed by atoms with Crippen LogP contribution in [0.15, 0.2) is 0 Å². The van der Waals surface area contributed by atoms with Crippen molar-refractivity contribution in [3.63, 3.8) is 0 Å². The van der Waals surface area contributed by atoms with Gasteiger partial charge in [0.05, 0.1) is 6.26 Å². The lowest BCUT2D eigenvalue weighted by atomic mass is 9.81. The average molecular weight is 317 g/mol. The van der Waals surface area contributed by atoms with Gasteiger partial charge in [0.2, 0.25) is 10.0 Å². The van der Waals surface area contributed by atoms with Crippen LogP contribution >= 0.6 is 0 Å². The number of hydrogen-bond donors (Lipinski definition) is 1. The third-order valence-corrected chi connectivity index (χ3v) is 6.58. The smallest absolute Gasteiger partial charge is 0.211 e. The molecule has 2 atom stereocenters. The molecule has 2 unspecified atom stereocenters. The molecule has 0 radical (unpaired) electrons. The van der Waals surface area contributed by atoms with Gasteiger partial charge in [-0.25, -0.2) is 12.7 Å². The zero-order chi connectivity index (χ0) is 15.3. The average Bonchev–Trinajstić information content (AvgIpc) is 2.37. The molecule has 0 amide bonds. The van der Waals surface area contributed by atoms with E-state index in [1.807, 2.05) is 0 Å². The van der Waals surface area contributed by atoms with E-state index >= 15 is 0 Å². The second-order valence-corrected chi connectivity index (χ2v) is 9.12. The predicted octanol–water partition coefficient (Wildman–Crippen LogP) is 2.74. The van der Waals surface area contributed by atoms with Crippen LogP contribution in [0.4, 0.5) is 0 Å². The number of piperidine rings is 1. The summed E-state index contributed by atoms with van der Waals surface area (Å²) in [5, 5.41) is 0. The summed E-state index contributed by atoms with van der Waals surface area (Å²) in [4.78, 5) is 0. The molecule has 21 heavy (non-hydrogen) atoms. The molecule has 0 bridgehead atoms. The SMILES string of the molecule is CS(=O)(=O)N1CCCC(CC(N)C2CCCCCCC2)C1. The van der Waals surface area contributed by atoms with Crippen LogP contribution in [-0.4, -0.2) is 38.1 Å². The highest BCUT2D eigenvalue weighted by atomic mass is 32.2. The molecule has 1 saturated heterocycles. The van der Waals surface area contributed by atoms with Crippen LogP contribution in [0.25, 0.3) is 0 Å². The Morgan fingerprint density at radius 3 is 2.29 bits per heavy atom. The fourth-order valence-corrected chi connectivity index (χ4v) is 4.96. The molecule has 2 fully saturated rings. The molecule has 0 aromatic heterocycles. The summed E-state index contributed by atoms with van der Waals surface area (Å²) in [7, 11) is -3.04. The second kappa shape index (κ2) is 7.93. The topological polar surface area (TPSA) is 63.4 Å². The highest BCUT2D eigenvalue weighted by Gasteiger charge is 2.29. The Balaban J connectivity index is 1.84. The highest BCUT2D eigenvalue weighted by molar-refractivity contribution is 7.88. The Morgan fingerprint density at radius 2 is 1.67 bits per heavy atom. The Morgan fingerprint density at radius 1 is 1.05 bits per heavy atom. The quantitative estimate of drug-likeness (QED) is 0.867. The van der Waals surface area contributed by atoms with Crippen molar-refractivity contribution < 1.29 is 8.42 Å². The molecular weight excluding hydrogens is 284 g/mol. The minimum Gasteiger partial charge on any atom is -0.327 e. The molecule has 2 N–H and O–H groups in total. The second-order valence-electron chi connectivity index (χ2n) is 7.13. The number of rotatable bonds is 4. The largest absolute Gasteiger partial charge is 0.327 e. The maximum absolute atomic E-state index is 11.7. The van der Waals surface area contributed by atoms with Gasteiger partial charge in [-0.2, -0.15) is 0 Å². The minimum atomic E-state index is -3.04. The molecule has 1 heterocycles. The van der Waals surface area contributed by atoms with Gasteiger partial charge in [0.25, 0.3) is 0 Å². The van der Waals surface area contributed by atoms with E-state index in [2.05, 4.69) is 0 Å². The van der Waals surface area contributed by atoms with Crippen molar-refractivity contribution in [2.75, 3.05) is 19.3 Å². The Labute approximate surface area is 130 Å². The molecule has 0 aromatic rings. The fraction of sp³-hybridized carbons (Fsp3) is 1.00. The van der Waals surface area contributed by atoms with Crippen LogP contribution in [0.3, 0.4) is 0 Å². The summed E-state index contributed by atoms with van der Waals surface area (Å²) in [6.45, 7) is 1.37. The van der Waals surface area contributed by atoms with E-state index < -0.39 is 10.0 Å². The van der Waals surface area contributed by atoms with E-state index in [0.29, 0.717) is 24.9 Å². The predicted molar refractivity (Wildman–Crippen MR) is 87.5 cm³/mol. The van der Waals surface area contributed by atoms with E-state index in [-0.39, 0.29) is 6.04 Å². The van der Waals surface area contributed by atoms with Crippen molar-refractivity contribution >= 4 is 10.0 Å². The van der Waals surface area contributed by atoms with Crippen LogP contribution in [0, 0.1) is 11.8 Å². The van der Waals surface area contributed by atoms with Gasteiger partial charge >= 0.3 is 0 Å². The van der Waals surface area contributed by atoms with Gasteiger partial charge in [-0.05, 0) is 43.9 Å². The molecule has 2 rings (SSSR count). The van der Waals surface area contributed by atoms with Crippen molar-refractivity contribution in [3.05, 3.63) is 0 Å². The molecule has 4 nitrogen and oxygen atoms in total. The minimum absolute atomic E-state index is 0.257. The van der Waals surface area contributed by atoms with Gasteiger partial charge in [-0.15, -0.1) is 0 Å². The number of sulfonamides is 1. The number of nitrogens with two attached hydrogens (primary N) is 1. The number of nitrogens with zero attached hydrogens (tertiary/aromatic N) is 1. The third kappa shape index (κ3) is 5.53. The molecule has 0 spiro atoms. The lowest BCUT2D eigenvalue weighted by molar-refractivity contribution is 0.217. The van der Waals surface area contributed by atoms with Gasteiger partial charge in [-0.3, -0.25) is 0 Å². The standard InChI is InChI=1S/C16H32N2O2S/c1-21(19,20)18-11-7-8-14(13-18)12-16(17)15-9-5-3-2-4-6-10-15/h14-16H,2-13,17H2,1H3. The summed E-state index contributed by atoms with van der Waals surface area (Å²) in [6, 6.07) is 0.257. The monoisotopic (exact) mass is 316 g/mol. The van der Waals surface area contributed by atoms with E-state index in [1.165, 1.54) is 51.2 Å². The van der Waals surface area contributed by atoms with E-state index in [9.17, 15) is 8.42 Å². The zero-order valence-corrected chi connectivity index (χ0v) is 14.3. The number of hydrogen-bond acceptors (Lipinski definition) is 3. The molecule has 124 valence electrons. The van der Waals surface area contributed by atoms with Crippen LogP contribution in [-0.2, 0) is 10.0 Å². The first-order valence-electron chi connectivity index (χ1n) is 8.67. The van der Waals surface area contributed by atoms with Gasteiger partial charge in [0.15, 0.2) is 0 Å². The van der Waals surface area contributed by atoms with Gasteiger partial charge in [0, 0.05) is 19.1 Å². The molecule has 5 heteroatoms. The molecule has 1 saturated carbocycles. The van der Waals surface area contributed by atoms with Crippen LogP contribution < -0.4 is 5.73 Å². The van der Waals surface area contributed by atoms with Crippen LogP contribution in [0.1, 0.15) is 64.2 Å². The van der Waals surface area contributed by atoms with Crippen LogP contribution in [0.2, 0.25) is 0 Å². The Kier molecular flexibility index (Phi) is 6.51. The Bertz CT molecular complexity index is 403. The van der Waals surface area contributed by atoms with Crippen LogP contribution in [0.5, 0.6) is 0 Å². The van der Waals surface area contributed by atoms with Crippen molar-refractivity contribution in [2.24, 2.45) is 17.6 Å². The first-order chi connectivity index (χ1) is 9.97. The first-order valence-corrected chi connectivity index (χ1v) is 10.5. The molecule has 1 aliphatic carbocycles. The molecular formula is C16H32N2O2S. The summed E-state index contributed by atoms with van der Waals surface area (Å²) in [5.41, 5.74) is 6.49. The molecule has 1 aliphatic heterocycles. The zero-order valence-electron chi connectivity index (χ0n) is 13.5. The lowest BCUT2D eigenvalue weighted by Crippen LogP contribution is -2.42. The van der Waals surface area contributed by atoms with Gasteiger partial charge in [0.1, 0.15) is 0 Å². The van der Waals surface area contributed by atoms with Gasteiger partial charge < -0.3 is 5.73 Å². The maximum Gasteiger partial charge on any atom is 0.211 e. The fourth-order valence-electron chi connectivity index (χ4n) is 4.01. The summed E-state index contributed by atoms with van der Waals surface area (Å²) < 4.78 is 25.0.